The van der Waals surface area contributed by atoms with Crippen LogP contribution < -0.4 is 16.0 Å². The number of fused-ring (bicyclic) bond motifs is 1. The van der Waals surface area contributed by atoms with E-state index in [4.69, 9.17) is 16.6 Å². The van der Waals surface area contributed by atoms with E-state index in [1.54, 1.807) is 42.6 Å². The SMILES string of the molecule is CN(C)CCCC(=O)Nc1ccc(C(=O)Nc2cccc(Nc3ncc(Cl)c(-c4cn(C)c5ccccc45)n3)c2)cc1. The Bertz CT molecular complexity index is 1730. The first-order valence-corrected chi connectivity index (χ1v) is 13.9. The fraction of sp³-hybridized carbons (Fsp3) is 0.188. The second-order valence-corrected chi connectivity index (χ2v) is 10.7. The molecule has 0 unspecified atom stereocenters. The van der Waals surface area contributed by atoms with Crippen molar-refractivity contribution in [2.45, 2.75) is 12.8 Å². The maximum atomic E-state index is 12.9. The molecule has 0 saturated heterocycles. The lowest BCUT2D eigenvalue weighted by Gasteiger charge is -2.11. The first-order chi connectivity index (χ1) is 20.3. The molecular formula is C32H32ClN7O2. The number of nitrogens with zero attached hydrogens (tertiary/aromatic N) is 4. The summed E-state index contributed by atoms with van der Waals surface area (Å²) in [5, 5.41) is 10.5. The number of anilines is 4. The molecule has 0 saturated carbocycles. The Hall–Kier alpha value is -4.73. The van der Waals surface area contributed by atoms with Crippen molar-refractivity contribution in [2.75, 3.05) is 36.6 Å². The van der Waals surface area contributed by atoms with Crippen LogP contribution in [0, 0.1) is 0 Å². The summed E-state index contributed by atoms with van der Waals surface area (Å²) in [6.07, 6.45) is 4.81. The van der Waals surface area contributed by atoms with Gasteiger partial charge in [-0.05, 0) is 75.6 Å². The van der Waals surface area contributed by atoms with Gasteiger partial charge < -0.3 is 25.4 Å². The number of aromatic nitrogens is 3. The summed E-state index contributed by atoms with van der Waals surface area (Å²) >= 11 is 6.52. The van der Waals surface area contributed by atoms with Crippen LogP contribution in [0.15, 0.2) is 85.2 Å². The van der Waals surface area contributed by atoms with E-state index in [2.05, 4.69) is 20.9 Å². The predicted octanol–water partition coefficient (Wildman–Crippen LogP) is 6.56. The number of benzene rings is 3. The average Bonchev–Trinajstić information content (AvgIpc) is 3.30. The third kappa shape index (κ3) is 6.94. The van der Waals surface area contributed by atoms with Crippen molar-refractivity contribution in [3.8, 4) is 11.3 Å². The Labute approximate surface area is 249 Å². The molecule has 10 heteroatoms. The molecule has 2 aromatic heterocycles. The Morgan fingerprint density at radius 1 is 0.929 bits per heavy atom. The third-order valence-corrected chi connectivity index (χ3v) is 6.99. The van der Waals surface area contributed by atoms with Gasteiger partial charge in [-0.3, -0.25) is 9.59 Å². The number of carbonyl (C=O) groups is 2. The summed E-state index contributed by atoms with van der Waals surface area (Å²) < 4.78 is 2.04. The van der Waals surface area contributed by atoms with Crippen LogP contribution in [0.2, 0.25) is 5.02 Å². The Morgan fingerprint density at radius 3 is 2.48 bits per heavy atom. The van der Waals surface area contributed by atoms with Crippen molar-refractivity contribution in [1.29, 1.82) is 0 Å². The van der Waals surface area contributed by atoms with Crippen LogP contribution in [0.1, 0.15) is 23.2 Å². The largest absolute Gasteiger partial charge is 0.350 e. The minimum Gasteiger partial charge on any atom is -0.350 e. The van der Waals surface area contributed by atoms with Crippen LogP contribution in [-0.2, 0) is 11.8 Å². The maximum Gasteiger partial charge on any atom is 0.255 e. The van der Waals surface area contributed by atoms with E-state index in [9.17, 15) is 9.59 Å². The number of amides is 2. The molecule has 0 fully saturated rings. The number of nitrogens with one attached hydrogen (secondary N) is 3. The molecule has 2 heterocycles. The summed E-state index contributed by atoms with van der Waals surface area (Å²) in [6, 6.07) is 22.2. The summed E-state index contributed by atoms with van der Waals surface area (Å²) in [6.45, 7) is 0.849. The van der Waals surface area contributed by atoms with E-state index >= 15 is 0 Å². The number of para-hydroxylation sites is 1. The number of hydrogen-bond acceptors (Lipinski definition) is 6. The van der Waals surface area contributed by atoms with Crippen LogP contribution in [0.5, 0.6) is 0 Å². The fourth-order valence-corrected chi connectivity index (χ4v) is 4.83. The van der Waals surface area contributed by atoms with Gasteiger partial charge in [-0.25, -0.2) is 9.97 Å². The van der Waals surface area contributed by atoms with Gasteiger partial charge in [0.25, 0.3) is 5.91 Å². The van der Waals surface area contributed by atoms with E-state index in [0.29, 0.717) is 45.7 Å². The number of halogens is 1. The highest BCUT2D eigenvalue weighted by molar-refractivity contribution is 6.33. The van der Waals surface area contributed by atoms with Crippen molar-refractivity contribution in [2.24, 2.45) is 7.05 Å². The van der Waals surface area contributed by atoms with Gasteiger partial charge in [-0.1, -0.05) is 35.9 Å². The smallest absolute Gasteiger partial charge is 0.255 e. The molecule has 0 aliphatic rings. The zero-order chi connectivity index (χ0) is 29.6. The van der Waals surface area contributed by atoms with E-state index in [1.807, 2.05) is 73.2 Å². The molecule has 9 nitrogen and oxygen atoms in total. The number of aryl methyl sites for hydroxylation is 1. The predicted molar refractivity (Wildman–Crippen MR) is 169 cm³/mol. The Kier molecular flexibility index (Phi) is 8.80. The van der Waals surface area contributed by atoms with Gasteiger partial charge in [0.2, 0.25) is 11.9 Å². The normalized spacial score (nSPS) is 11.1. The van der Waals surface area contributed by atoms with Gasteiger partial charge in [0, 0.05) is 58.8 Å². The monoisotopic (exact) mass is 581 g/mol. The van der Waals surface area contributed by atoms with Crippen LogP contribution in [0.25, 0.3) is 22.2 Å². The van der Waals surface area contributed by atoms with E-state index in [0.717, 1.165) is 29.4 Å². The molecule has 214 valence electrons. The number of carbonyl (C=O) groups excluding carboxylic acids is 2. The first kappa shape index (κ1) is 28.8. The quantitative estimate of drug-likeness (QED) is 0.172. The molecule has 0 radical (unpaired) electrons. The highest BCUT2D eigenvalue weighted by Crippen LogP contribution is 2.34. The average molecular weight is 582 g/mol. The van der Waals surface area contributed by atoms with E-state index in [-0.39, 0.29) is 11.8 Å². The van der Waals surface area contributed by atoms with Crippen molar-refractivity contribution in [3.63, 3.8) is 0 Å². The van der Waals surface area contributed by atoms with E-state index in [1.165, 1.54) is 0 Å². The molecule has 0 atom stereocenters. The summed E-state index contributed by atoms with van der Waals surface area (Å²) in [5.74, 6) is 0.0643. The summed E-state index contributed by atoms with van der Waals surface area (Å²) in [5.41, 5.74) is 5.05. The Morgan fingerprint density at radius 2 is 1.69 bits per heavy atom. The molecule has 0 aliphatic carbocycles. The van der Waals surface area contributed by atoms with Crippen LogP contribution >= 0.6 is 11.6 Å². The van der Waals surface area contributed by atoms with Crippen molar-refractivity contribution in [3.05, 3.63) is 95.8 Å². The van der Waals surface area contributed by atoms with Gasteiger partial charge >= 0.3 is 0 Å². The van der Waals surface area contributed by atoms with Gasteiger partial charge in [0.05, 0.1) is 16.9 Å². The molecule has 2 amide bonds. The molecule has 0 aliphatic heterocycles. The molecule has 3 N–H and O–H groups in total. The van der Waals surface area contributed by atoms with Gasteiger partial charge in [0.15, 0.2) is 0 Å². The van der Waals surface area contributed by atoms with Crippen LogP contribution in [0.3, 0.4) is 0 Å². The fourth-order valence-electron chi connectivity index (χ4n) is 4.64. The second kappa shape index (κ2) is 12.8. The van der Waals surface area contributed by atoms with E-state index < -0.39 is 0 Å². The zero-order valence-corrected chi connectivity index (χ0v) is 24.4. The summed E-state index contributed by atoms with van der Waals surface area (Å²) in [4.78, 5) is 36.2. The van der Waals surface area contributed by atoms with Gasteiger partial charge in [-0.15, -0.1) is 0 Å². The standard InChI is InChI=1S/C32H32ClN7O2/c1-39(2)17-7-12-29(41)35-22-15-13-21(14-16-22)31(42)36-23-8-6-9-24(18-23)37-32-34-19-27(33)30(38-32)26-20-40(3)28-11-5-4-10-25(26)28/h4-6,8-11,13-16,18-20H,7,12,17H2,1-3H3,(H,35,41)(H,36,42)(H,34,37,38). The zero-order valence-electron chi connectivity index (χ0n) is 23.7. The number of rotatable bonds is 10. The lowest BCUT2D eigenvalue weighted by Crippen LogP contribution is -2.17. The topological polar surface area (TPSA) is 104 Å². The van der Waals surface area contributed by atoms with Crippen LogP contribution in [0.4, 0.5) is 23.0 Å². The molecule has 3 aromatic carbocycles. The highest BCUT2D eigenvalue weighted by Gasteiger charge is 2.15. The second-order valence-electron chi connectivity index (χ2n) is 10.3. The minimum absolute atomic E-state index is 0.0488. The van der Waals surface area contributed by atoms with Gasteiger partial charge in [0.1, 0.15) is 0 Å². The Balaban J connectivity index is 1.24. The summed E-state index contributed by atoms with van der Waals surface area (Å²) in [7, 11) is 5.94. The molecule has 0 spiro atoms. The molecule has 5 rings (SSSR count). The van der Waals surface area contributed by atoms with Crippen molar-refractivity contribution >= 4 is 57.3 Å². The molecule has 0 bridgehead atoms. The third-order valence-electron chi connectivity index (χ3n) is 6.71. The molecule has 42 heavy (non-hydrogen) atoms. The van der Waals surface area contributed by atoms with Crippen LogP contribution in [-0.4, -0.2) is 51.9 Å². The van der Waals surface area contributed by atoms with Crippen molar-refractivity contribution < 1.29 is 9.59 Å². The maximum absolute atomic E-state index is 12.9. The lowest BCUT2D eigenvalue weighted by molar-refractivity contribution is -0.116. The number of hydrogen-bond donors (Lipinski definition) is 3. The highest BCUT2D eigenvalue weighted by atomic mass is 35.5. The first-order valence-electron chi connectivity index (χ1n) is 13.6. The molecule has 5 aromatic rings. The molecular weight excluding hydrogens is 550 g/mol. The van der Waals surface area contributed by atoms with Crippen molar-refractivity contribution in [1.82, 2.24) is 19.4 Å². The minimum atomic E-state index is -0.267. The van der Waals surface area contributed by atoms with Gasteiger partial charge in [-0.2, -0.15) is 0 Å². The lowest BCUT2D eigenvalue weighted by atomic mass is 10.1.